The summed E-state index contributed by atoms with van der Waals surface area (Å²) < 4.78 is 4.82. The Labute approximate surface area is 74.9 Å². The molecule has 0 fully saturated rings. The van der Waals surface area contributed by atoms with Crippen molar-refractivity contribution in [1.82, 2.24) is 4.98 Å². The van der Waals surface area contributed by atoms with Gasteiger partial charge in [0.05, 0.1) is 13.7 Å². The minimum Gasteiger partial charge on any atom is -0.480 e. The number of halogens is 1. The van der Waals surface area contributed by atoms with Crippen molar-refractivity contribution < 1.29 is 9.84 Å². The van der Waals surface area contributed by atoms with Gasteiger partial charge in [0.15, 0.2) is 0 Å². The van der Waals surface area contributed by atoms with Crippen molar-refractivity contribution in [2.24, 2.45) is 0 Å². The van der Waals surface area contributed by atoms with E-state index in [0.717, 1.165) is 0 Å². The minimum atomic E-state index is -0.178. The first kappa shape index (κ1) is 9.09. The molecule has 0 saturated heterocycles. The number of nitrogens with zero attached hydrogens (tertiary/aromatic N) is 1. The zero-order valence-corrected chi connectivity index (χ0v) is 7.30. The number of aliphatic hydroxyl groups excluding tert-OH is 1. The molecule has 5 heteroatoms. The fourth-order valence-electron chi connectivity index (χ4n) is 0.793. The summed E-state index contributed by atoms with van der Waals surface area (Å²) in [7, 11) is 1.45. The van der Waals surface area contributed by atoms with Crippen molar-refractivity contribution in [2.45, 2.75) is 6.61 Å². The van der Waals surface area contributed by atoms with Gasteiger partial charge in [-0.3, -0.25) is 0 Å². The van der Waals surface area contributed by atoms with Crippen LogP contribution in [0.15, 0.2) is 6.07 Å². The van der Waals surface area contributed by atoms with Crippen LogP contribution in [0.1, 0.15) is 5.56 Å². The molecule has 12 heavy (non-hydrogen) atoms. The van der Waals surface area contributed by atoms with Gasteiger partial charge in [-0.15, -0.1) is 0 Å². The van der Waals surface area contributed by atoms with Gasteiger partial charge in [-0.2, -0.15) is 4.98 Å². The number of aliphatic hydroxyl groups is 1. The number of nitrogen functional groups attached to an aromatic ring is 1. The second-order valence-corrected chi connectivity index (χ2v) is 2.59. The molecule has 1 aromatic heterocycles. The van der Waals surface area contributed by atoms with Crippen LogP contribution in [-0.2, 0) is 6.61 Å². The molecule has 1 rings (SSSR count). The second-order valence-electron chi connectivity index (χ2n) is 2.18. The molecule has 1 aromatic rings. The number of pyridine rings is 1. The number of hydrogen-bond donors (Lipinski definition) is 2. The lowest BCUT2D eigenvalue weighted by Gasteiger charge is -2.05. The standard InChI is InChI=1S/C7H9ClN2O2/c1-12-7-5(8)2-4(3-11)6(9)10-7/h2,11H,3H2,1H3,(H2,9,10). The molecule has 0 amide bonds. The molecule has 4 nitrogen and oxygen atoms in total. The highest BCUT2D eigenvalue weighted by Crippen LogP contribution is 2.25. The van der Waals surface area contributed by atoms with Crippen LogP contribution in [0.4, 0.5) is 5.82 Å². The average Bonchev–Trinajstić information content (AvgIpc) is 2.08. The van der Waals surface area contributed by atoms with Gasteiger partial charge in [-0.25, -0.2) is 0 Å². The fraction of sp³-hybridized carbons (Fsp3) is 0.286. The first-order valence-corrected chi connectivity index (χ1v) is 3.66. The largest absolute Gasteiger partial charge is 0.480 e. The highest BCUT2D eigenvalue weighted by Gasteiger charge is 2.07. The number of rotatable bonds is 2. The third-order valence-corrected chi connectivity index (χ3v) is 1.69. The third kappa shape index (κ3) is 1.60. The summed E-state index contributed by atoms with van der Waals surface area (Å²) in [6, 6.07) is 1.53. The molecule has 0 saturated carbocycles. The predicted molar refractivity (Wildman–Crippen MR) is 46.1 cm³/mol. The Balaban J connectivity index is 3.16. The summed E-state index contributed by atoms with van der Waals surface area (Å²) in [4.78, 5) is 3.83. The van der Waals surface area contributed by atoms with Gasteiger partial charge < -0.3 is 15.6 Å². The molecule has 0 spiro atoms. The van der Waals surface area contributed by atoms with Crippen LogP contribution in [-0.4, -0.2) is 17.2 Å². The second kappa shape index (κ2) is 3.60. The van der Waals surface area contributed by atoms with E-state index in [2.05, 4.69) is 4.98 Å². The summed E-state index contributed by atoms with van der Waals surface area (Å²) in [6.07, 6.45) is 0. The molecule has 1 heterocycles. The van der Waals surface area contributed by atoms with Gasteiger partial charge in [0.2, 0.25) is 5.88 Å². The van der Waals surface area contributed by atoms with Crippen molar-refractivity contribution in [3.63, 3.8) is 0 Å². The Hall–Kier alpha value is -1.00. The van der Waals surface area contributed by atoms with Crippen LogP contribution in [0.5, 0.6) is 5.88 Å². The van der Waals surface area contributed by atoms with Gasteiger partial charge in [0, 0.05) is 5.56 Å². The Morgan fingerprint density at radius 1 is 1.75 bits per heavy atom. The van der Waals surface area contributed by atoms with Crippen LogP contribution in [0.3, 0.4) is 0 Å². The van der Waals surface area contributed by atoms with E-state index in [1.807, 2.05) is 0 Å². The van der Waals surface area contributed by atoms with Crippen molar-refractivity contribution in [2.75, 3.05) is 12.8 Å². The normalized spacial score (nSPS) is 9.92. The zero-order valence-electron chi connectivity index (χ0n) is 6.54. The Morgan fingerprint density at radius 2 is 2.42 bits per heavy atom. The molecule has 0 unspecified atom stereocenters. The van der Waals surface area contributed by atoms with E-state index < -0.39 is 0 Å². The number of hydrogen-bond acceptors (Lipinski definition) is 4. The topological polar surface area (TPSA) is 68.4 Å². The maximum atomic E-state index is 8.79. The first-order chi connectivity index (χ1) is 5.69. The van der Waals surface area contributed by atoms with Gasteiger partial charge >= 0.3 is 0 Å². The summed E-state index contributed by atoms with van der Waals surface area (Å²) in [5.74, 6) is 0.505. The molecule has 0 radical (unpaired) electrons. The van der Waals surface area contributed by atoms with Crippen LogP contribution >= 0.6 is 11.6 Å². The molecule has 0 atom stereocenters. The number of methoxy groups -OCH3 is 1. The molecule has 0 aliphatic heterocycles. The van der Waals surface area contributed by atoms with Gasteiger partial charge in [-0.05, 0) is 6.07 Å². The van der Waals surface area contributed by atoms with Crippen LogP contribution in [0.25, 0.3) is 0 Å². The van der Waals surface area contributed by atoms with Crippen molar-refractivity contribution in [3.05, 3.63) is 16.7 Å². The van der Waals surface area contributed by atoms with Crippen molar-refractivity contribution in [1.29, 1.82) is 0 Å². The summed E-state index contributed by atoms with van der Waals surface area (Å²) >= 11 is 5.73. The molecular formula is C7H9ClN2O2. The van der Waals surface area contributed by atoms with Crippen LogP contribution in [0.2, 0.25) is 5.02 Å². The summed E-state index contributed by atoms with van der Waals surface area (Å²) in [5.41, 5.74) is 5.97. The van der Waals surface area contributed by atoms with E-state index in [9.17, 15) is 0 Å². The summed E-state index contributed by atoms with van der Waals surface area (Å²) in [5, 5.41) is 9.13. The zero-order chi connectivity index (χ0) is 9.14. The first-order valence-electron chi connectivity index (χ1n) is 3.28. The van der Waals surface area contributed by atoms with E-state index in [4.69, 9.17) is 27.2 Å². The highest BCUT2D eigenvalue weighted by atomic mass is 35.5. The lowest BCUT2D eigenvalue weighted by molar-refractivity contribution is 0.282. The molecule has 0 aliphatic rings. The predicted octanol–water partition coefficient (Wildman–Crippen LogP) is 0.818. The smallest absolute Gasteiger partial charge is 0.234 e. The Bertz CT molecular complexity index is 261. The molecule has 3 N–H and O–H groups in total. The van der Waals surface area contributed by atoms with Crippen molar-refractivity contribution in [3.8, 4) is 5.88 Å². The third-order valence-electron chi connectivity index (χ3n) is 1.42. The van der Waals surface area contributed by atoms with E-state index in [-0.39, 0.29) is 18.3 Å². The Morgan fingerprint density at radius 3 is 2.92 bits per heavy atom. The average molecular weight is 189 g/mol. The van der Waals surface area contributed by atoms with Gasteiger partial charge in [0.25, 0.3) is 0 Å². The van der Waals surface area contributed by atoms with Gasteiger partial charge in [0.1, 0.15) is 10.8 Å². The maximum Gasteiger partial charge on any atom is 0.234 e. The SMILES string of the molecule is COc1nc(N)c(CO)cc1Cl. The number of aromatic nitrogens is 1. The molecule has 66 valence electrons. The highest BCUT2D eigenvalue weighted by molar-refractivity contribution is 6.31. The Kier molecular flexibility index (Phi) is 2.73. The molecule has 0 aliphatic carbocycles. The van der Waals surface area contributed by atoms with Gasteiger partial charge in [-0.1, -0.05) is 11.6 Å². The number of nitrogens with two attached hydrogens (primary N) is 1. The monoisotopic (exact) mass is 188 g/mol. The van der Waals surface area contributed by atoms with Crippen LogP contribution in [0, 0.1) is 0 Å². The minimum absolute atomic E-state index is 0.178. The number of ether oxygens (including phenoxy) is 1. The van der Waals surface area contributed by atoms with E-state index >= 15 is 0 Å². The van der Waals surface area contributed by atoms with E-state index in [0.29, 0.717) is 10.6 Å². The van der Waals surface area contributed by atoms with Crippen LogP contribution < -0.4 is 10.5 Å². The quantitative estimate of drug-likeness (QED) is 0.721. The van der Waals surface area contributed by atoms with E-state index in [1.54, 1.807) is 0 Å². The van der Waals surface area contributed by atoms with E-state index in [1.165, 1.54) is 13.2 Å². The lowest BCUT2D eigenvalue weighted by atomic mass is 10.3. The molecule has 0 bridgehead atoms. The maximum absolute atomic E-state index is 8.79. The summed E-state index contributed by atoms with van der Waals surface area (Å²) in [6.45, 7) is -0.178. The fourth-order valence-corrected chi connectivity index (χ4v) is 1.04. The number of anilines is 1. The molecule has 0 aromatic carbocycles. The van der Waals surface area contributed by atoms with Crippen molar-refractivity contribution >= 4 is 17.4 Å². The molecular weight excluding hydrogens is 180 g/mol. The lowest BCUT2D eigenvalue weighted by Crippen LogP contribution is -2.00.